The number of hydrogen-bond acceptors (Lipinski definition) is 4. The van der Waals surface area contributed by atoms with Crippen LogP contribution in [0.25, 0.3) is 0 Å². The molecule has 2 N–H and O–H groups in total. The summed E-state index contributed by atoms with van der Waals surface area (Å²) in [6, 6.07) is 10.8. The zero-order valence-electron chi connectivity index (χ0n) is 13.7. The van der Waals surface area contributed by atoms with Crippen molar-refractivity contribution in [3.05, 3.63) is 52.0 Å². The van der Waals surface area contributed by atoms with Gasteiger partial charge in [0.15, 0.2) is 9.84 Å². The molecule has 2 rings (SSSR count). The molecule has 1 amide bonds. The largest absolute Gasteiger partial charge is 0.376 e. The average molecular weight is 411 g/mol. The molecule has 128 valence electrons. The maximum Gasteiger partial charge on any atom is 0.243 e. The molecule has 0 aliphatic rings. The van der Waals surface area contributed by atoms with Gasteiger partial charge in [0.1, 0.15) is 0 Å². The van der Waals surface area contributed by atoms with E-state index in [1.165, 1.54) is 6.26 Å². The molecule has 24 heavy (non-hydrogen) atoms. The molecule has 7 heteroatoms. The number of carbonyl (C=O) groups is 1. The normalized spacial score (nSPS) is 11.2. The van der Waals surface area contributed by atoms with Gasteiger partial charge in [-0.05, 0) is 55.3 Å². The molecule has 0 atom stereocenters. The summed E-state index contributed by atoms with van der Waals surface area (Å²) in [7, 11) is -3.32. The second-order valence-corrected chi connectivity index (χ2v) is 8.43. The van der Waals surface area contributed by atoms with Gasteiger partial charge in [0, 0.05) is 22.1 Å². The van der Waals surface area contributed by atoms with E-state index in [0.717, 1.165) is 4.47 Å². The summed E-state index contributed by atoms with van der Waals surface area (Å²) < 4.78 is 24.8. The van der Waals surface area contributed by atoms with E-state index in [9.17, 15) is 13.2 Å². The van der Waals surface area contributed by atoms with Gasteiger partial charge < -0.3 is 10.6 Å². The number of anilines is 2. The van der Waals surface area contributed by atoms with Crippen LogP contribution in [0.5, 0.6) is 0 Å². The maximum absolute atomic E-state index is 12.0. The fourth-order valence-corrected chi connectivity index (χ4v) is 4.09. The van der Waals surface area contributed by atoms with Gasteiger partial charge in [0.25, 0.3) is 0 Å². The van der Waals surface area contributed by atoms with Crippen LogP contribution >= 0.6 is 15.9 Å². The number of amides is 1. The lowest BCUT2D eigenvalue weighted by Crippen LogP contribution is -2.22. The zero-order chi connectivity index (χ0) is 17.9. The van der Waals surface area contributed by atoms with E-state index in [2.05, 4.69) is 26.6 Å². The van der Waals surface area contributed by atoms with Crippen LogP contribution in [0, 0.1) is 13.8 Å². The molecule has 2 aromatic carbocycles. The van der Waals surface area contributed by atoms with Gasteiger partial charge in [0.2, 0.25) is 5.91 Å². The van der Waals surface area contributed by atoms with Crippen molar-refractivity contribution in [1.82, 2.24) is 0 Å². The van der Waals surface area contributed by atoms with Crippen molar-refractivity contribution in [2.24, 2.45) is 0 Å². The molecule has 0 saturated heterocycles. The third kappa shape index (κ3) is 4.58. The Bertz CT molecular complexity index is 862. The number of rotatable bonds is 5. The highest BCUT2D eigenvalue weighted by Crippen LogP contribution is 2.26. The lowest BCUT2D eigenvalue weighted by atomic mass is 10.1. The molecular formula is C17H19BrN2O3S. The molecule has 0 heterocycles. The summed E-state index contributed by atoms with van der Waals surface area (Å²) >= 11 is 3.34. The molecule has 0 saturated carbocycles. The lowest BCUT2D eigenvalue weighted by molar-refractivity contribution is -0.114. The fourth-order valence-electron chi connectivity index (χ4n) is 2.50. The number of aryl methyl sites for hydroxylation is 1. The summed E-state index contributed by atoms with van der Waals surface area (Å²) in [5.41, 5.74) is 2.64. The Morgan fingerprint density at radius 3 is 2.29 bits per heavy atom. The van der Waals surface area contributed by atoms with Crippen LogP contribution in [0.15, 0.2) is 45.8 Å². The predicted molar refractivity (Wildman–Crippen MR) is 100 cm³/mol. The summed E-state index contributed by atoms with van der Waals surface area (Å²) in [5.74, 6) is -0.210. The molecule has 0 aliphatic heterocycles. The second-order valence-electron chi connectivity index (χ2n) is 5.56. The van der Waals surface area contributed by atoms with Crippen molar-refractivity contribution < 1.29 is 13.2 Å². The Morgan fingerprint density at radius 2 is 1.71 bits per heavy atom. The Balaban J connectivity index is 2.09. The van der Waals surface area contributed by atoms with Gasteiger partial charge in [0.05, 0.1) is 11.4 Å². The Morgan fingerprint density at radius 1 is 1.08 bits per heavy atom. The van der Waals surface area contributed by atoms with E-state index >= 15 is 0 Å². The van der Waals surface area contributed by atoms with Crippen LogP contribution in [0.4, 0.5) is 11.4 Å². The zero-order valence-corrected chi connectivity index (χ0v) is 16.1. The van der Waals surface area contributed by atoms with Gasteiger partial charge >= 0.3 is 0 Å². The number of sulfone groups is 1. The first kappa shape index (κ1) is 18.5. The summed E-state index contributed by atoms with van der Waals surface area (Å²) in [4.78, 5) is 12.3. The maximum atomic E-state index is 12.0. The standard InChI is InChI=1S/C17H19BrN2O3S/c1-11-4-9-15(12(2)17(11)24(3,22)23)19-10-16(21)20-14-7-5-13(18)6-8-14/h4-9,19H,10H2,1-3H3,(H,20,21). The minimum absolute atomic E-state index is 0.0448. The number of hydrogen-bond donors (Lipinski definition) is 2. The Labute approximate surface area is 150 Å². The molecule has 0 fully saturated rings. The van der Waals surface area contributed by atoms with Crippen molar-refractivity contribution in [1.29, 1.82) is 0 Å². The number of benzene rings is 2. The molecule has 0 unspecified atom stereocenters. The molecule has 0 bridgehead atoms. The molecule has 0 spiro atoms. The van der Waals surface area contributed by atoms with Crippen LogP contribution in [0.3, 0.4) is 0 Å². The fraction of sp³-hybridized carbons (Fsp3) is 0.235. The Hall–Kier alpha value is -1.86. The molecule has 0 radical (unpaired) electrons. The topological polar surface area (TPSA) is 75.3 Å². The summed E-state index contributed by atoms with van der Waals surface area (Å²) in [5, 5.41) is 5.77. The van der Waals surface area contributed by atoms with E-state index in [1.54, 1.807) is 38.1 Å². The molecule has 0 aromatic heterocycles. The molecule has 5 nitrogen and oxygen atoms in total. The van der Waals surface area contributed by atoms with Crippen molar-refractivity contribution in [3.8, 4) is 0 Å². The number of nitrogens with one attached hydrogen (secondary N) is 2. The van der Waals surface area contributed by atoms with Gasteiger partial charge in [-0.1, -0.05) is 22.0 Å². The van der Waals surface area contributed by atoms with E-state index < -0.39 is 9.84 Å². The van der Waals surface area contributed by atoms with Gasteiger partial charge in [-0.25, -0.2) is 8.42 Å². The lowest BCUT2D eigenvalue weighted by Gasteiger charge is -2.14. The third-order valence-electron chi connectivity index (χ3n) is 3.54. The van der Waals surface area contributed by atoms with Crippen LogP contribution in [0.1, 0.15) is 11.1 Å². The van der Waals surface area contributed by atoms with E-state index in [1.807, 2.05) is 12.1 Å². The van der Waals surface area contributed by atoms with Gasteiger partial charge in [-0.2, -0.15) is 0 Å². The van der Waals surface area contributed by atoms with Crippen LogP contribution in [0.2, 0.25) is 0 Å². The van der Waals surface area contributed by atoms with Crippen molar-refractivity contribution in [2.45, 2.75) is 18.7 Å². The minimum Gasteiger partial charge on any atom is -0.376 e. The van der Waals surface area contributed by atoms with E-state index in [0.29, 0.717) is 27.4 Å². The first-order valence-electron chi connectivity index (χ1n) is 7.28. The smallest absolute Gasteiger partial charge is 0.243 e. The third-order valence-corrected chi connectivity index (χ3v) is 5.44. The van der Waals surface area contributed by atoms with Crippen molar-refractivity contribution >= 4 is 43.0 Å². The van der Waals surface area contributed by atoms with E-state index in [4.69, 9.17) is 0 Å². The van der Waals surface area contributed by atoms with Crippen molar-refractivity contribution in [3.63, 3.8) is 0 Å². The first-order chi connectivity index (χ1) is 11.2. The highest BCUT2D eigenvalue weighted by atomic mass is 79.9. The second kappa shape index (κ2) is 7.36. The Kier molecular flexibility index (Phi) is 5.66. The monoisotopic (exact) mass is 410 g/mol. The summed E-state index contributed by atoms with van der Waals surface area (Å²) in [6.07, 6.45) is 1.19. The SMILES string of the molecule is Cc1ccc(NCC(=O)Nc2ccc(Br)cc2)c(C)c1S(C)(=O)=O. The minimum atomic E-state index is -3.32. The predicted octanol–water partition coefficient (Wildman–Crippen LogP) is 3.52. The average Bonchev–Trinajstić information content (AvgIpc) is 2.47. The van der Waals surface area contributed by atoms with Gasteiger partial charge in [-0.3, -0.25) is 4.79 Å². The van der Waals surface area contributed by atoms with Crippen molar-refractivity contribution in [2.75, 3.05) is 23.4 Å². The number of halogens is 1. The van der Waals surface area contributed by atoms with Crippen LogP contribution in [-0.4, -0.2) is 27.1 Å². The number of carbonyl (C=O) groups excluding carboxylic acids is 1. The van der Waals surface area contributed by atoms with Gasteiger partial charge in [-0.15, -0.1) is 0 Å². The molecular weight excluding hydrogens is 392 g/mol. The quantitative estimate of drug-likeness (QED) is 0.790. The highest BCUT2D eigenvalue weighted by Gasteiger charge is 2.17. The van der Waals surface area contributed by atoms with Crippen LogP contribution < -0.4 is 10.6 Å². The molecule has 2 aromatic rings. The van der Waals surface area contributed by atoms with E-state index in [-0.39, 0.29) is 12.5 Å². The van der Waals surface area contributed by atoms with Crippen LogP contribution in [-0.2, 0) is 14.6 Å². The first-order valence-corrected chi connectivity index (χ1v) is 9.96. The summed E-state index contributed by atoms with van der Waals surface area (Å²) in [6.45, 7) is 3.54. The highest BCUT2D eigenvalue weighted by molar-refractivity contribution is 9.10. The molecule has 0 aliphatic carbocycles.